The SMILES string of the molecule is Clc1ccc(C2CC(c3ccc(Br)cc3)=NN2c2ccccc2)c(Cl)c1. The zero-order chi connectivity index (χ0) is 18.1. The van der Waals surface area contributed by atoms with Gasteiger partial charge in [0.25, 0.3) is 0 Å². The normalized spacial score (nSPS) is 16.7. The van der Waals surface area contributed by atoms with Gasteiger partial charge in [-0.15, -0.1) is 0 Å². The van der Waals surface area contributed by atoms with Crippen LogP contribution in [-0.2, 0) is 0 Å². The molecule has 2 nitrogen and oxygen atoms in total. The second kappa shape index (κ2) is 7.43. The molecule has 0 saturated carbocycles. The highest BCUT2D eigenvalue weighted by molar-refractivity contribution is 9.10. The van der Waals surface area contributed by atoms with Crippen molar-refractivity contribution in [3.05, 3.63) is 98.4 Å². The topological polar surface area (TPSA) is 15.6 Å². The predicted molar refractivity (Wildman–Crippen MR) is 113 cm³/mol. The van der Waals surface area contributed by atoms with Crippen molar-refractivity contribution >= 4 is 50.5 Å². The van der Waals surface area contributed by atoms with Gasteiger partial charge < -0.3 is 0 Å². The van der Waals surface area contributed by atoms with Crippen molar-refractivity contribution in [1.29, 1.82) is 0 Å². The molecule has 5 heteroatoms. The lowest BCUT2D eigenvalue weighted by Gasteiger charge is -2.24. The molecule has 0 aliphatic carbocycles. The Hall–Kier alpha value is -1.81. The molecule has 0 saturated heterocycles. The van der Waals surface area contributed by atoms with E-state index in [2.05, 4.69) is 40.2 Å². The van der Waals surface area contributed by atoms with Gasteiger partial charge in [-0.2, -0.15) is 5.10 Å². The number of hydrogen-bond donors (Lipinski definition) is 0. The quantitative estimate of drug-likeness (QED) is 0.419. The van der Waals surface area contributed by atoms with Crippen LogP contribution in [-0.4, -0.2) is 5.71 Å². The smallest absolute Gasteiger partial charge is 0.0846 e. The predicted octanol–water partition coefficient (Wildman–Crippen LogP) is 7.11. The van der Waals surface area contributed by atoms with Gasteiger partial charge in [0.1, 0.15) is 0 Å². The zero-order valence-electron chi connectivity index (χ0n) is 13.7. The third-order valence-corrected chi connectivity index (χ3v) is 5.52. The van der Waals surface area contributed by atoms with Crippen molar-refractivity contribution in [3.63, 3.8) is 0 Å². The zero-order valence-corrected chi connectivity index (χ0v) is 16.8. The first-order valence-corrected chi connectivity index (χ1v) is 9.79. The van der Waals surface area contributed by atoms with Gasteiger partial charge in [-0.25, -0.2) is 0 Å². The summed E-state index contributed by atoms with van der Waals surface area (Å²) < 4.78 is 1.05. The van der Waals surface area contributed by atoms with Crippen LogP contribution in [0.2, 0.25) is 10.0 Å². The van der Waals surface area contributed by atoms with Crippen LogP contribution in [0.3, 0.4) is 0 Å². The summed E-state index contributed by atoms with van der Waals surface area (Å²) in [5, 5.41) is 8.27. The molecule has 0 amide bonds. The van der Waals surface area contributed by atoms with Gasteiger partial charge >= 0.3 is 0 Å². The standard InChI is InChI=1S/C21H15BrCl2N2/c22-15-8-6-14(7-9-15)20-13-21(18-11-10-16(23)12-19(18)24)26(25-20)17-4-2-1-3-5-17/h1-12,21H,13H2. The molecule has 0 spiro atoms. The van der Waals surface area contributed by atoms with Crippen molar-refractivity contribution in [2.24, 2.45) is 5.10 Å². The Labute approximate surface area is 171 Å². The number of nitrogens with zero attached hydrogens (tertiary/aromatic N) is 2. The summed E-state index contributed by atoms with van der Waals surface area (Å²) >= 11 is 16.1. The fraction of sp³-hybridized carbons (Fsp3) is 0.0952. The van der Waals surface area contributed by atoms with Crippen LogP contribution in [0, 0.1) is 0 Å². The fourth-order valence-corrected chi connectivity index (χ4v) is 3.96. The van der Waals surface area contributed by atoms with E-state index in [0.717, 1.165) is 33.4 Å². The van der Waals surface area contributed by atoms with Crippen LogP contribution in [0.25, 0.3) is 0 Å². The van der Waals surface area contributed by atoms with Crippen molar-refractivity contribution < 1.29 is 0 Å². The highest BCUT2D eigenvalue weighted by Gasteiger charge is 2.31. The number of anilines is 1. The Morgan fingerprint density at radius 2 is 1.65 bits per heavy atom. The number of hydrogen-bond acceptors (Lipinski definition) is 2. The maximum Gasteiger partial charge on any atom is 0.0846 e. The van der Waals surface area contributed by atoms with Gasteiger partial charge in [0, 0.05) is 20.9 Å². The van der Waals surface area contributed by atoms with Gasteiger partial charge in [-0.05, 0) is 47.5 Å². The molecule has 26 heavy (non-hydrogen) atoms. The minimum Gasteiger partial charge on any atom is -0.257 e. The Bertz CT molecular complexity index is 956. The summed E-state index contributed by atoms with van der Waals surface area (Å²) in [4.78, 5) is 0. The molecule has 1 atom stereocenters. The molecule has 0 aromatic heterocycles. The summed E-state index contributed by atoms with van der Waals surface area (Å²) in [7, 11) is 0. The number of rotatable bonds is 3. The summed E-state index contributed by atoms with van der Waals surface area (Å²) in [6.07, 6.45) is 0.776. The third-order valence-electron chi connectivity index (χ3n) is 4.43. The molecule has 130 valence electrons. The van der Waals surface area contributed by atoms with E-state index < -0.39 is 0 Å². The van der Waals surface area contributed by atoms with E-state index in [9.17, 15) is 0 Å². The third kappa shape index (κ3) is 3.52. The molecule has 4 rings (SSSR count). The van der Waals surface area contributed by atoms with Crippen LogP contribution in [0.1, 0.15) is 23.6 Å². The summed E-state index contributed by atoms with van der Waals surface area (Å²) in [6, 6.07) is 24.1. The van der Waals surface area contributed by atoms with Crippen LogP contribution in [0.5, 0.6) is 0 Å². The first kappa shape index (κ1) is 17.6. The molecule has 1 heterocycles. The van der Waals surface area contributed by atoms with Gasteiger partial charge in [0.05, 0.1) is 17.4 Å². The molecule has 1 aliphatic rings. The second-order valence-electron chi connectivity index (χ2n) is 6.12. The first-order chi connectivity index (χ1) is 12.6. The minimum absolute atomic E-state index is 0.0285. The van der Waals surface area contributed by atoms with Gasteiger partial charge in [-0.1, -0.05) is 75.5 Å². The molecule has 0 N–H and O–H groups in total. The highest BCUT2D eigenvalue weighted by atomic mass is 79.9. The van der Waals surface area contributed by atoms with E-state index in [-0.39, 0.29) is 6.04 Å². The molecule has 0 bridgehead atoms. The monoisotopic (exact) mass is 444 g/mol. The molecular weight excluding hydrogens is 431 g/mol. The number of para-hydroxylation sites is 1. The van der Waals surface area contributed by atoms with E-state index in [4.69, 9.17) is 28.3 Å². The summed E-state index contributed by atoms with van der Waals surface area (Å²) in [5.74, 6) is 0. The van der Waals surface area contributed by atoms with E-state index in [0.29, 0.717) is 10.0 Å². The molecule has 3 aromatic carbocycles. The molecular formula is C21H15BrCl2N2. The van der Waals surface area contributed by atoms with Crippen molar-refractivity contribution in [2.75, 3.05) is 5.01 Å². The van der Waals surface area contributed by atoms with E-state index in [1.807, 2.05) is 47.5 Å². The van der Waals surface area contributed by atoms with Gasteiger partial charge in [0.2, 0.25) is 0 Å². The minimum atomic E-state index is 0.0285. The highest BCUT2D eigenvalue weighted by Crippen LogP contribution is 2.40. The van der Waals surface area contributed by atoms with Crippen LogP contribution in [0.4, 0.5) is 5.69 Å². The van der Waals surface area contributed by atoms with E-state index >= 15 is 0 Å². The lowest BCUT2D eigenvalue weighted by molar-refractivity contribution is 0.709. The van der Waals surface area contributed by atoms with Crippen LogP contribution in [0.15, 0.2) is 82.4 Å². The molecule has 0 radical (unpaired) electrons. The average molecular weight is 446 g/mol. The Kier molecular flexibility index (Phi) is 5.03. The lowest BCUT2D eigenvalue weighted by atomic mass is 9.98. The van der Waals surface area contributed by atoms with Crippen LogP contribution < -0.4 is 5.01 Å². The number of hydrazone groups is 1. The van der Waals surface area contributed by atoms with Gasteiger partial charge in [-0.3, -0.25) is 5.01 Å². The molecule has 1 unspecified atom stereocenters. The van der Waals surface area contributed by atoms with Crippen molar-refractivity contribution in [3.8, 4) is 0 Å². The average Bonchev–Trinajstić information content (AvgIpc) is 3.08. The molecule has 1 aliphatic heterocycles. The second-order valence-corrected chi connectivity index (χ2v) is 7.88. The van der Waals surface area contributed by atoms with Crippen molar-refractivity contribution in [2.45, 2.75) is 12.5 Å². The Morgan fingerprint density at radius 3 is 2.35 bits per heavy atom. The Morgan fingerprint density at radius 1 is 0.923 bits per heavy atom. The van der Waals surface area contributed by atoms with Crippen LogP contribution >= 0.6 is 39.1 Å². The largest absolute Gasteiger partial charge is 0.257 e. The fourth-order valence-electron chi connectivity index (χ4n) is 3.16. The van der Waals surface area contributed by atoms with E-state index in [1.165, 1.54) is 0 Å². The van der Waals surface area contributed by atoms with Gasteiger partial charge in [0.15, 0.2) is 0 Å². The number of benzene rings is 3. The molecule has 0 fully saturated rings. The maximum absolute atomic E-state index is 6.51. The summed E-state index contributed by atoms with van der Waals surface area (Å²) in [5.41, 5.74) is 4.21. The van der Waals surface area contributed by atoms with E-state index in [1.54, 1.807) is 6.07 Å². The first-order valence-electron chi connectivity index (χ1n) is 8.24. The number of halogens is 3. The maximum atomic E-state index is 6.51. The summed E-state index contributed by atoms with van der Waals surface area (Å²) in [6.45, 7) is 0. The Balaban J connectivity index is 1.77. The van der Waals surface area contributed by atoms with Crippen molar-refractivity contribution in [1.82, 2.24) is 0 Å². The lowest BCUT2D eigenvalue weighted by Crippen LogP contribution is -2.18. The molecule has 3 aromatic rings.